The van der Waals surface area contributed by atoms with Crippen LogP contribution in [0, 0.1) is 0 Å². The number of ether oxygens (including phenoxy) is 1. The van der Waals surface area contributed by atoms with E-state index in [1.165, 1.54) is 6.33 Å². The first-order chi connectivity index (χ1) is 11.3. The number of para-hydroxylation sites is 1. The third-order valence-electron chi connectivity index (χ3n) is 3.99. The molecule has 1 amide bonds. The number of likely N-dealkylation sites (tertiary alicyclic amines) is 1. The number of carbonyl (C=O) groups excluding carboxylic acids is 1. The van der Waals surface area contributed by atoms with Gasteiger partial charge in [-0.05, 0) is 18.6 Å². The Morgan fingerprint density at radius 3 is 2.96 bits per heavy atom. The van der Waals surface area contributed by atoms with Gasteiger partial charge in [0.25, 0.3) is 5.91 Å². The predicted molar refractivity (Wildman–Crippen MR) is 87.4 cm³/mol. The summed E-state index contributed by atoms with van der Waals surface area (Å²) in [6.07, 6.45) is 5.77. The molecule has 1 aliphatic heterocycles. The van der Waals surface area contributed by atoms with Gasteiger partial charge in [0.15, 0.2) is 0 Å². The maximum absolute atomic E-state index is 12.7. The van der Waals surface area contributed by atoms with Crippen LogP contribution in [0.5, 0.6) is 5.75 Å². The van der Waals surface area contributed by atoms with Gasteiger partial charge in [-0.3, -0.25) is 4.79 Å². The first-order valence-electron chi connectivity index (χ1n) is 8.07. The van der Waals surface area contributed by atoms with E-state index in [0.717, 1.165) is 30.7 Å². The van der Waals surface area contributed by atoms with E-state index < -0.39 is 0 Å². The molecule has 5 nitrogen and oxygen atoms in total. The number of benzene rings is 1. The number of rotatable bonds is 5. The number of amides is 1. The molecule has 2 aromatic rings. The van der Waals surface area contributed by atoms with Crippen molar-refractivity contribution in [3.8, 4) is 5.75 Å². The van der Waals surface area contributed by atoms with Gasteiger partial charge in [-0.1, -0.05) is 31.5 Å². The molecule has 0 radical (unpaired) electrons. The molecule has 1 atom stereocenters. The third-order valence-corrected chi connectivity index (χ3v) is 3.99. The Kier molecular flexibility index (Phi) is 4.86. The number of hydrogen-bond donors (Lipinski definition) is 0. The van der Waals surface area contributed by atoms with Crippen molar-refractivity contribution in [2.75, 3.05) is 13.1 Å². The summed E-state index contributed by atoms with van der Waals surface area (Å²) < 4.78 is 5.94. The molecule has 1 aromatic heterocycles. The molecular weight excluding hydrogens is 290 g/mol. The third kappa shape index (κ3) is 3.67. The highest BCUT2D eigenvalue weighted by atomic mass is 16.5. The first kappa shape index (κ1) is 15.5. The van der Waals surface area contributed by atoms with Gasteiger partial charge in [-0.15, -0.1) is 0 Å². The van der Waals surface area contributed by atoms with Gasteiger partial charge >= 0.3 is 0 Å². The predicted octanol–water partition coefficient (Wildman–Crippen LogP) is 2.72. The van der Waals surface area contributed by atoms with Crippen molar-refractivity contribution < 1.29 is 9.53 Å². The van der Waals surface area contributed by atoms with Crippen LogP contribution < -0.4 is 4.74 Å². The fraction of sp³-hybridized carbons (Fsp3) is 0.389. The van der Waals surface area contributed by atoms with Gasteiger partial charge in [0, 0.05) is 19.2 Å². The SMILES string of the molecule is CCCc1ncncc1C(=O)N1CCC(Oc2ccccc2)C1. The van der Waals surface area contributed by atoms with E-state index in [4.69, 9.17) is 4.74 Å². The summed E-state index contributed by atoms with van der Waals surface area (Å²) in [6.45, 7) is 3.39. The summed E-state index contributed by atoms with van der Waals surface area (Å²) in [4.78, 5) is 22.8. The van der Waals surface area contributed by atoms with E-state index in [1.807, 2.05) is 35.2 Å². The van der Waals surface area contributed by atoms with E-state index >= 15 is 0 Å². The Hall–Kier alpha value is -2.43. The van der Waals surface area contributed by atoms with E-state index in [2.05, 4.69) is 16.9 Å². The molecule has 3 rings (SSSR count). The molecule has 2 heterocycles. The maximum atomic E-state index is 12.7. The molecule has 120 valence electrons. The quantitative estimate of drug-likeness (QED) is 0.852. The summed E-state index contributed by atoms with van der Waals surface area (Å²) >= 11 is 0. The van der Waals surface area contributed by atoms with Crippen molar-refractivity contribution in [1.82, 2.24) is 14.9 Å². The second-order valence-corrected chi connectivity index (χ2v) is 5.73. The van der Waals surface area contributed by atoms with Crippen LogP contribution in [0.2, 0.25) is 0 Å². The molecule has 1 fully saturated rings. The molecule has 5 heteroatoms. The van der Waals surface area contributed by atoms with Gasteiger partial charge in [0.2, 0.25) is 0 Å². The minimum absolute atomic E-state index is 0.00760. The monoisotopic (exact) mass is 311 g/mol. The Morgan fingerprint density at radius 2 is 2.17 bits per heavy atom. The standard InChI is InChI=1S/C18H21N3O2/c1-2-6-17-16(11-19-13-20-17)18(22)21-10-9-15(12-21)23-14-7-4-3-5-8-14/h3-5,7-8,11,13,15H,2,6,9-10,12H2,1H3. The van der Waals surface area contributed by atoms with Gasteiger partial charge < -0.3 is 9.64 Å². The average molecular weight is 311 g/mol. The van der Waals surface area contributed by atoms with Crippen molar-refractivity contribution in [3.63, 3.8) is 0 Å². The summed E-state index contributed by atoms with van der Waals surface area (Å²) in [5.41, 5.74) is 1.45. The zero-order chi connectivity index (χ0) is 16.1. The highest BCUT2D eigenvalue weighted by Gasteiger charge is 2.29. The minimum atomic E-state index is 0.00760. The van der Waals surface area contributed by atoms with Crippen molar-refractivity contribution in [1.29, 1.82) is 0 Å². The van der Waals surface area contributed by atoms with E-state index in [1.54, 1.807) is 6.20 Å². The van der Waals surface area contributed by atoms with Gasteiger partial charge in [-0.2, -0.15) is 0 Å². The lowest BCUT2D eigenvalue weighted by Gasteiger charge is -2.18. The van der Waals surface area contributed by atoms with Crippen LogP contribution in [-0.2, 0) is 6.42 Å². The largest absolute Gasteiger partial charge is 0.489 e. The van der Waals surface area contributed by atoms with E-state index in [9.17, 15) is 4.79 Å². The topological polar surface area (TPSA) is 55.3 Å². The van der Waals surface area contributed by atoms with Crippen LogP contribution in [0.4, 0.5) is 0 Å². The van der Waals surface area contributed by atoms with Crippen molar-refractivity contribution in [2.45, 2.75) is 32.3 Å². The molecule has 0 aliphatic carbocycles. The lowest BCUT2D eigenvalue weighted by Crippen LogP contribution is -2.32. The Bertz CT molecular complexity index is 660. The molecule has 1 saturated heterocycles. The van der Waals surface area contributed by atoms with Crippen LogP contribution in [0.15, 0.2) is 42.9 Å². The summed E-state index contributed by atoms with van der Waals surface area (Å²) in [6, 6.07) is 9.74. The van der Waals surface area contributed by atoms with Crippen LogP contribution in [0.1, 0.15) is 35.8 Å². The smallest absolute Gasteiger partial charge is 0.257 e. The van der Waals surface area contributed by atoms with Crippen LogP contribution in [-0.4, -0.2) is 40.0 Å². The summed E-state index contributed by atoms with van der Waals surface area (Å²) in [5.74, 6) is 0.856. The fourth-order valence-electron chi connectivity index (χ4n) is 2.84. The molecule has 1 aromatic carbocycles. The minimum Gasteiger partial charge on any atom is -0.489 e. The number of aryl methyl sites for hydroxylation is 1. The van der Waals surface area contributed by atoms with Gasteiger partial charge in [-0.25, -0.2) is 9.97 Å². The molecule has 0 bridgehead atoms. The summed E-state index contributed by atoms with van der Waals surface area (Å²) in [7, 11) is 0. The Morgan fingerprint density at radius 1 is 1.35 bits per heavy atom. The Labute approximate surface area is 136 Å². The molecule has 1 aliphatic rings. The van der Waals surface area contributed by atoms with E-state index in [0.29, 0.717) is 18.7 Å². The molecule has 23 heavy (non-hydrogen) atoms. The fourth-order valence-corrected chi connectivity index (χ4v) is 2.84. The number of nitrogens with zero attached hydrogens (tertiary/aromatic N) is 3. The highest BCUT2D eigenvalue weighted by Crippen LogP contribution is 2.20. The van der Waals surface area contributed by atoms with Crippen molar-refractivity contribution >= 4 is 5.91 Å². The second kappa shape index (κ2) is 7.22. The average Bonchev–Trinajstić information content (AvgIpc) is 3.04. The molecular formula is C18H21N3O2. The van der Waals surface area contributed by atoms with Gasteiger partial charge in [0.05, 0.1) is 17.8 Å². The van der Waals surface area contributed by atoms with Crippen LogP contribution in [0.3, 0.4) is 0 Å². The molecule has 0 spiro atoms. The van der Waals surface area contributed by atoms with Gasteiger partial charge in [0.1, 0.15) is 18.2 Å². The number of aromatic nitrogens is 2. The highest BCUT2D eigenvalue weighted by molar-refractivity contribution is 5.95. The number of hydrogen-bond acceptors (Lipinski definition) is 4. The Balaban J connectivity index is 1.66. The molecule has 0 saturated carbocycles. The zero-order valence-corrected chi connectivity index (χ0v) is 13.3. The van der Waals surface area contributed by atoms with Crippen molar-refractivity contribution in [2.24, 2.45) is 0 Å². The van der Waals surface area contributed by atoms with Crippen LogP contribution >= 0.6 is 0 Å². The lowest BCUT2D eigenvalue weighted by atomic mass is 10.1. The summed E-state index contributed by atoms with van der Waals surface area (Å²) in [5, 5.41) is 0. The lowest BCUT2D eigenvalue weighted by molar-refractivity contribution is 0.0770. The number of carbonyl (C=O) groups is 1. The molecule has 1 unspecified atom stereocenters. The maximum Gasteiger partial charge on any atom is 0.257 e. The van der Waals surface area contributed by atoms with Crippen LogP contribution in [0.25, 0.3) is 0 Å². The van der Waals surface area contributed by atoms with E-state index in [-0.39, 0.29) is 12.0 Å². The first-order valence-corrected chi connectivity index (χ1v) is 8.07. The van der Waals surface area contributed by atoms with Crippen molar-refractivity contribution in [3.05, 3.63) is 54.1 Å². The normalized spacial score (nSPS) is 17.3. The zero-order valence-electron chi connectivity index (χ0n) is 13.3. The second-order valence-electron chi connectivity index (χ2n) is 5.73. The molecule has 0 N–H and O–H groups in total.